The van der Waals surface area contributed by atoms with Crippen molar-refractivity contribution in [2.45, 2.75) is 13.8 Å². The molecule has 1 aromatic carbocycles. The largest absolute Gasteiger partial charge is 0.399 e. The smallest absolute Gasteiger partial charge is 0.277 e. The first kappa shape index (κ1) is 11.1. The molecule has 0 spiro atoms. The molecule has 0 aliphatic heterocycles. The molecular formula is C11H13N5O. The van der Waals surface area contributed by atoms with Crippen molar-refractivity contribution in [1.82, 2.24) is 15.4 Å². The first-order chi connectivity index (χ1) is 8.08. The van der Waals surface area contributed by atoms with Crippen LogP contribution in [0.3, 0.4) is 0 Å². The summed E-state index contributed by atoms with van der Waals surface area (Å²) in [6, 6.07) is 3.66. The van der Waals surface area contributed by atoms with Gasteiger partial charge in [-0.05, 0) is 37.1 Å². The number of benzene rings is 1. The molecule has 0 saturated heterocycles. The van der Waals surface area contributed by atoms with Gasteiger partial charge in [0.25, 0.3) is 5.91 Å². The molecule has 1 aromatic heterocycles. The number of hydrogen-bond donors (Lipinski definition) is 3. The number of nitrogens with zero attached hydrogens (tertiary/aromatic N) is 2. The molecule has 0 aliphatic carbocycles. The second-order valence-electron chi connectivity index (χ2n) is 3.83. The molecule has 88 valence electrons. The molecule has 2 aromatic rings. The second-order valence-corrected chi connectivity index (χ2v) is 3.83. The quantitative estimate of drug-likeness (QED) is 0.678. The van der Waals surface area contributed by atoms with Crippen molar-refractivity contribution in [3.05, 3.63) is 35.2 Å². The number of aryl methyl sites for hydroxylation is 2. The molecule has 2 rings (SSSR count). The van der Waals surface area contributed by atoms with Crippen molar-refractivity contribution in [1.29, 1.82) is 0 Å². The number of aromatic amines is 1. The van der Waals surface area contributed by atoms with Crippen LogP contribution in [0.1, 0.15) is 21.6 Å². The third-order valence-electron chi connectivity index (χ3n) is 2.51. The lowest BCUT2D eigenvalue weighted by atomic mass is 10.1. The number of nitrogens with two attached hydrogens (primary N) is 1. The Kier molecular flexibility index (Phi) is 2.78. The zero-order chi connectivity index (χ0) is 12.4. The van der Waals surface area contributed by atoms with E-state index in [-0.39, 0.29) is 11.6 Å². The Hall–Kier alpha value is -2.37. The zero-order valence-electron chi connectivity index (χ0n) is 9.61. The summed E-state index contributed by atoms with van der Waals surface area (Å²) in [4.78, 5) is 11.8. The number of hydrogen-bond acceptors (Lipinski definition) is 4. The lowest BCUT2D eigenvalue weighted by Gasteiger charge is -2.10. The maximum atomic E-state index is 11.8. The number of H-pyrrole nitrogens is 1. The van der Waals surface area contributed by atoms with Gasteiger partial charge in [-0.2, -0.15) is 15.4 Å². The number of nitrogens with one attached hydrogen (secondary N) is 2. The molecule has 0 atom stereocenters. The van der Waals surface area contributed by atoms with Crippen LogP contribution in [0, 0.1) is 13.8 Å². The highest BCUT2D eigenvalue weighted by atomic mass is 16.2. The van der Waals surface area contributed by atoms with Crippen LogP contribution in [0.2, 0.25) is 0 Å². The van der Waals surface area contributed by atoms with E-state index in [2.05, 4.69) is 20.7 Å². The predicted octanol–water partition coefficient (Wildman–Crippen LogP) is 1.26. The zero-order valence-corrected chi connectivity index (χ0v) is 9.61. The Morgan fingerprint density at radius 2 is 2.12 bits per heavy atom. The molecule has 6 nitrogen and oxygen atoms in total. The summed E-state index contributed by atoms with van der Waals surface area (Å²) >= 11 is 0. The standard InChI is InChI=1S/C11H13N5O/c1-6-4-9(7(2)3-8(6)12)14-11(17)10-5-13-16-15-10/h3-5H,12H2,1-2H3,(H,14,17)(H,13,15,16). The van der Waals surface area contributed by atoms with Crippen molar-refractivity contribution >= 4 is 17.3 Å². The minimum absolute atomic E-state index is 0.249. The number of anilines is 2. The molecule has 0 bridgehead atoms. The fourth-order valence-corrected chi connectivity index (χ4v) is 1.47. The lowest BCUT2D eigenvalue weighted by molar-refractivity contribution is 0.102. The normalized spacial score (nSPS) is 10.2. The molecule has 17 heavy (non-hydrogen) atoms. The number of nitrogen functional groups attached to an aromatic ring is 1. The summed E-state index contributed by atoms with van der Waals surface area (Å²) < 4.78 is 0. The highest BCUT2D eigenvalue weighted by Gasteiger charge is 2.11. The highest BCUT2D eigenvalue weighted by Crippen LogP contribution is 2.22. The maximum Gasteiger partial charge on any atom is 0.277 e. The van der Waals surface area contributed by atoms with Crippen molar-refractivity contribution in [3.63, 3.8) is 0 Å². The molecule has 0 aliphatic rings. The van der Waals surface area contributed by atoms with Crippen LogP contribution in [-0.4, -0.2) is 21.3 Å². The summed E-state index contributed by atoms with van der Waals surface area (Å²) in [5.74, 6) is -0.300. The van der Waals surface area contributed by atoms with E-state index in [1.165, 1.54) is 6.20 Å². The average Bonchev–Trinajstić information content (AvgIpc) is 2.79. The maximum absolute atomic E-state index is 11.8. The van der Waals surface area contributed by atoms with Gasteiger partial charge < -0.3 is 11.1 Å². The predicted molar refractivity (Wildman–Crippen MR) is 64.7 cm³/mol. The summed E-state index contributed by atoms with van der Waals surface area (Å²) in [6.45, 7) is 3.77. The van der Waals surface area contributed by atoms with Crippen LogP contribution in [0.5, 0.6) is 0 Å². The van der Waals surface area contributed by atoms with Crippen LogP contribution in [-0.2, 0) is 0 Å². The van der Waals surface area contributed by atoms with Gasteiger partial charge >= 0.3 is 0 Å². The molecule has 6 heteroatoms. The third kappa shape index (κ3) is 2.25. The molecule has 0 fully saturated rings. The molecule has 0 unspecified atom stereocenters. The van der Waals surface area contributed by atoms with E-state index in [1.54, 1.807) is 0 Å². The Labute approximate surface area is 98.2 Å². The van der Waals surface area contributed by atoms with E-state index in [9.17, 15) is 4.79 Å². The van der Waals surface area contributed by atoms with E-state index >= 15 is 0 Å². The SMILES string of the molecule is Cc1cc(NC(=O)c2cn[nH]n2)c(C)cc1N. The van der Waals surface area contributed by atoms with Crippen molar-refractivity contribution in [2.24, 2.45) is 0 Å². The van der Waals surface area contributed by atoms with Gasteiger partial charge in [-0.3, -0.25) is 4.79 Å². The van der Waals surface area contributed by atoms with Crippen LogP contribution in [0.15, 0.2) is 18.3 Å². The minimum atomic E-state index is -0.300. The molecule has 4 N–H and O–H groups in total. The summed E-state index contributed by atoms with van der Waals surface area (Å²) in [5.41, 5.74) is 9.29. The van der Waals surface area contributed by atoms with Crippen LogP contribution in [0.25, 0.3) is 0 Å². The van der Waals surface area contributed by atoms with Gasteiger partial charge in [0.05, 0.1) is 6.20 Å². The van der Waals surface area contributed by atoms with Gasteiger partial charge in [-0.15, -0.1) is 0 Å². The van der Waals surface area contributed by atoms with E-state index in [0.29, 0.717) is 5.69 Å². The molecule has 0 saturated carbocycles. The summed E-state index contributed by atoms with van der Waals surface area (Å²) in [7, 11) is 0. The minimum Gasteiger partial charge on any atom is -0.399 e. The number of carbonyl (C=O) groups is 1. The van der Waals surface area contributed by atoms with Crippen LogP contribution in [0.4, 0.5) is 11.4 Å². The Balaban J connectivity index is 2.25. The fourth-order valence-electron chi connectivity index (χ4n) is 1.47. The van der Waals surface area contributed by atoms with E-state index < -0.39 is 0 Å². The first-order valence-corrected chi connectivity index (χ1v) is 5.12. The second kappa shape index (κ2) is 4.25. The summed E-state index contributed by atoms with van der Waals surface area (Å²) in [6.07, 6.45) is 1.37. The highest BCUT2D eigenvalue weighted by molar-refractivity contribution is 6.03. The van der Waals surface area contributed by atoms with Gasteiger partial charge in [0.15, 0.2) is 5.69 Å². The average molecular weight is 231 g/mol. The van der Waals surface area contributed by atoms with Gasteiger partial charge in [0.1, 0.15) is 0 Å². The first-order valence-electron chi connectivity index (χ1n) is 5.12. The number of aromatic nitrogens is 3. The van der Waals surface area contributed by atoms with E-state index in [0.717, 1.165) is 16.8 Å². The van der Waals surface area contributed by atoms with Gasteiger partial charge in [-0.25, -0.2) is 0 Å². The van der Waals surface area contributed by atoms with Crippen molar-refractivity contribution in [3.8, 4) is 0 Å². The van der Waals surface area contributed by atoms with Gasteiger partial charge in [0.2, 0.25) is 0 Å². The molecular weight excluding hydrogens is 218 g/mol. The van der Waals surface area contributed by atoms with Crippen molar-refractivity contribution < 1.29 is 4.79 Å². The van der Waals surface area contributed by atoms with E-state index in [1.807, 2.05) is 26.0 Å². The Bertz CT molecular complexity index is 547. The fraction of sp³-hybridized carbons (Fsp3) is 0.182. The van der Waals surface area contributed by atoms with E-state index in [4.69, 9.17) is 5.73 Å². The van der Waals surface area contributed by atoms with Gasteiger partial charge in [0, 0.05) is 11.4 Å². The van der Waals surface area contributed by atoms with Crippen LogP contribution >= 0.6 is 0 Å². The molecule has 1 amide bonds. The number of carbonyl (C=O) groups excluding carboxylic acids is 1. The molecule has 0 radical (unpaired) electrons. The van der Waals surface area contributed by atoms with Crippen molar-refractivity contribution in [2.75, 3.05) is 11.1 Å². The topological polar surface area (TPSA) is 96.7 Å². The third-order valence-corrected chi connectivity index (χ3v) is 2.51. The number of rotatable bonds is 2. The van der Waals surface area contributed by atoms with Gasteiger partial charge in [-0.1, -0.05) is 0 Å². The lowest BCUT2D eigenvalue weighted by Crippen LogP contribution is -2.13. The monoisotopic (exact) mass is 231 g/mol. The Morgan fingerprint density at radius 1 is 1.35 bits per heavy atom. The summed E-state index contributed by atoms with van der Waals surface area (Å²) in [5, 5.41) is 12.4. The number of amides is 1. The Morgan fingerprint density at radius 3 is 2.76 bits per heavy atom. The van der Waals surface area contributed by atoms with Crippen LogP contribution < -0.4 is 11.1 Å². The molecule has 1 heterocycles.